The number of esters is 1. The van der Waals surface area contributed by atoms with Gasteiger partial charge in [0.1, 0.15) is 11.9 Å². The second-order valence-electron chi connectivity index (χ2n) is 6.56. The van der Waals surface area contributed by atoms with E-state index in [1.54, 1.807) is 11.6 Å². The number of anilines is 1. The summed E-state index contributed by atoms with van der Waals surface area (Å²) in [5.41, 5.74) is 4.52. The molecule has 1 aromatic carbocycles. The molecule has 0 aliphatic heterocycles. The molecule has 29 heavy (non-hydrogen) atoms. The molecule has 0 atom stereocenters. The lowest BCUT2D eigenvalue weighted by Crippen LogP contribution is -2.11. The first-order valence-corrected chi connectivity index (χ1v) is 9.26. The largest absolute Gasteiger partial charge is 0.462 e. The number of carbonyl (C=O) groups excluding carboxylic acids is 1. The zero-order valence-electron chi connectivity index (χ0n) is 16.4. The Bertz CT molecular complexity index is 1170. The Balaban J connectivity index is 1.71. The number of benzene rings is 1. The van der Waals surface area contributed by atoms with Crippen LogP contribution in [0.2, 0.25) is 0 Å². The molecule has 4 rings (SSSR count). The lowest BCUT2D eigenvalue weighted by molar-refractivity contribution is 0.0527. The second-order valence-corrected chi connectivity index (χ2v) is 6.56. The highest BCUT2D eigenvalue weighted by atomic mass is 16.5. The van der Waals surface area contributed by atoms with E-state index in [1.807, 2.05) is 38.2 Å². The minimum atomic E-state index is -0.414. The third-order valence-electron chi connectivity index (χ3n) is 4.61. The number of ether oxygens (including phenoxy) is 1. The molecule has 0 unspecified atom stereocenters. The van der Waals surface area contributed by atoms with Crippen LogP contribution in [0.5, 0.6) is 0 Å². The summed E-state index contributed by atoms with van der Waals surface area (Å²) in [5.74, 6) is 0.288. The number of nitrogens with one attached hydrogen (secondary N) is 2. The number of hydrogen-bond donors (Lipinski definition) is 2. The van der Waals surface area contributed by atoms with Crippen LogP contribution in [0.4, 0.5) is 5.69 Å². The van der Waals surface area contributed by atoms with Crippen LogP contribution >= 0.6 is 0 Å². The minimum absolute atomic E-state index is 0.293. The van der Waals surface area contributed by atoms with E-state index in [0.717, 1.165) is 22.2 Å². The first-order valence-electron chi connectivity index (χ1n) is 9.26. The van der Waals surface area contributed by atoms with E-state index in [9.17, 15) is 4.79 Å². The second kappa shape index (κ2) is 7.70. The molecular formula is C20H21N7O2. The number of hydrogen-bond acceptors (Lipinski definition) is 7. The van der Waals surface area contributed by atoms with Gasteiger partial charge in [-0.3, -0.25) is 9.78 Å². The normalized spacial score (nSPS) is 11.0. The van der Waals surface area contributed by atoms with Gasteiger partial charge in [0.25, 0.3) is 0 Å². The molecule has 0 aliphatic rings. The molecule has 2 N–H and O–H groups in total. The molecule has 0 amide bonds. The van der Waals surface area contributed by atoms with Crippen molar-refractivity contribution in [1.82, 2.24) is 29.9 Å². The third kappa shape index (κ3) is 3.54. The number of fused-ring (bicyclic) bond motifs is 1. The molecule has 3 aromatic heterocycles. The van der Waals surface area contributed by atoms with Gasteiger partial charge in [-0.05, 0) is 25.5 Å². The Kier molecular flexibility index (Phi) is 4.94. The molecule has 4 aromatic rings. The van der Waals surface area contributed by atoms with E-state index in [4.69, 9.17) is 4.74 Å². The van der Waals surface area contributed by atoms with Crippen LogP contribution < -0.4 is 5.32 Å². The predicted octanol–water partition coefficient (Wildman–Crippen LogP) is 2.85. The van der Waals surface area contributed by atoms with E-state index < -0.39 is 5.97 Å². The number of nitrogens with zero attached hydrogens (tertiary/aromatic N) is 5. The first kappa shape index (κ1) is 18.6. The van der Waals surface area contributed by atoms with E-state index >= 15 is 0 Å². The maximum absolute atomic E-state index is 12.5. The van der Waals surface area contributed by atoms with Crippen LogP contribution in [0.3, 0.4) is 0 Å². The number of pyridine rings is 1. The molecule has 9 nitrogen and oxygen atoms in total. The molecule has 0 fully saturated rings. The lowest BCUT2D eigenvalue weighted by atomic mass is 10.1. The molecule has 3 heterocycles. The quantitative estimate of drug-likeness (QED) is 0.486. The Morgan fingerprint density at radius 3 is 2.93 bits per heavy atom. The summed E-state index contributed by atoms with van der Waals surface area (Å²) in [7, 11) is 1.83. The molecule has 0 aliphatic carbocycles. The highest BCUT2D eigenvalue weighted by Crippen LogP contribution is 2.30. The number of rotatable bonds is 6. The maximum atomic E-state index is 12.5. The molecule has 0 radical (unpaired) electrons. The van der Waals surface area contributed by atoms with E-state index in [1.165, 1.54) is 12.5 Å². The van der Waals surface area contributed by atoms with Crippen molar-refractivity contribution in [2.75, 3.05) is 11.9 Å². The molecular weight excluding hydrogens is 370 g/mol. The van der Waals surface area contributed by atoms with Crippen molar-refractivity contribution in [3.63, 3.8) is 0 Å². The Hall–Kier alpha value is -3.75. The molecule has 0 saturated heterocycles. The Morgan fingerprint density at radius 1 is 1.31 bits per heavy atom. The van der Waals surface area contributed by atoms with Gasteiger partial charge in [0.2, 0.25) is 0 Å². The smallest absolute Gasteiger partial charge is 0.341 e. The summed E-state index contributed by atoms with van der Waals surface area (Å²) in [6.07, 6.45) is 3.01. The molecule has 0 bridgehead atoms. The van der Waals surface area contributed by atoms with Crippen molar-refractivity contribution in [3.05, 3.63) is 53.6 Å². The summed E-state index contributed by atoms with van der Waals surface area (Å²) in [6, 6.07) is 7.94. The van der Waals surface area contributed by atoms with Crippen LogP contribution in [0.25, 0.3) is 22.4 Å². The number of aryl methyl sites for hydroxylation is 2. The zero-order chi connectivity index (χ0) is 20.4. The van der Waals surface area contributed by atoms with Gasteiger partial charge >= 0.3 is 5.97 Å². The number of aromatic nitrogens is 6. The van der Waals surface area contributed by atoms with Crippen molar-refractivity contribution >= 4 is 22.7 Å². The average molecular weight is 391 g/mol. The summed E-state index contributed by atoms with van der Waals surface area (Å²) < 4.78 is 6.92. The highest BCUT2D eigenvalue weighted by Gasteiger charge is 2.20. The van der Waals surface area contributed by atoms with Gasteiger partial charge in [0.05, 0.1) is 23.4 Å². The van der Waals surface area contributed by atoms with Crippen LogP contribution in [-0.4, -0.2) is 42.5 Å². The molecule has 0 saturated carbocycles. The molecule has 0 spiro atoms. The first-order chi connectivity index (χ1) is 14.1. The van der Waals surface area contributed by atoms with Gasteiger partial charge in [-0.25, -0.2) is 14.8 Å². The SMILES string of the molecule is CCOC(=O)c1cnc2c(c(C)nn2C)c1NCc1cccc(-c2ncn[nH]2)c1. The fraction of sp³-hybridized carbons (Fsp3) is 0.250. The van der Waals surface area contributed by atoms with Gasteiger partial charge in [0, 0.05) is 25.4 Å². The summed E-state index contributed by atoms with van der Waals surface area (Å²) in [6.45, 7) is 4.47. The minimum Gasteiger partial charge on any atom is -0.462 e. The van der Waals surface area contributed by atoms with Crippen LogP contribution in [0, 0.1) is 6.92 Å². The van der Waals surface area contributed by atoms with Crippen LogP contribution in [-0.2, 0) is 18.3 Å². The topological polar surface area (TPSA) is 111 Å². The van der Waals surface area contributed by atoms with Gasteiger partial charge < -0.3 is 10.1 Å². The van der Waals surface area contributed by atoms with Gasteiger partial charge in [-0.15, -0.1) is 0 Å². The standard InChI is InChI=1S/C20H21N7O2/c1-4-29-20(28)15-10-22-19-16(12(2)26-27(19)3)17(15)21-9-13-6-5-7-14(8-13)18-23-11-24-25-18/h5-8,10-11H,4,9H2,1-3H3,(H,21,22)(H,23,24,25). The maximum Gasteiger partial charge on any atom is 0.341 e. The number of H-pyrrole nitrogens is 1. The molecule has 148 valence electrons. The monoisotopic (exact) mass is 391 g/mol. The average Bonchev–Trinajstić information content (AvgIpc) is 3.35. The number of carbonyl (C=O) groups is 1. The van der Waals surface area contributed by atoms with Gasteiger partial charge in [0.15, 0.2) is 11.5 Å². The van der Waals surface area contributed by atoms with Crippen molar-refractivity contribution in [1.29, 1.82) is 0 Å². The van der Waals surface area contributed by atoms with E-state index in [2.05, 4.69) is 30.6 Å². The lowest BCUT2D eigenvalue weighted by Gasteiger charge is -2.13. The summed E-state index contributed by atoms with van der Waals surface area (Å²) in [4.78, 5) is 21.1. The Morgan fingerprint density at radius 2 is 2.17 bits per heavy atom. The molecule has 9 heteroatoms. The fourth-order valence-electron chi connectivity index (χ4n) is 3.32. The fourth-order valence-corrected chi connectivity index (χ4v) is 3.32. The zero-order valence-corrected chi connectivity index (χ0v) is 16.4. The van der Waals surface area contributed by atoms with Crippen LogP contribution in [0.1, 0.15) is 28.5 Å². The number of aromatic amines is 1. The van der Waals surface area contributed by atoms with Crippen molar-refractivity contribution < 1.29 is 9.53 Å². The van der Waals surface area contributed by atoms with Crippen molar-refractivity contribution in [2.45, 2.75) is 20.4 Å². The van der Waals surface area contributed by atoms with Crippen molar-refractivity contribution in [3.8, 4) is 11.4 Å². The summed E-state index contributed by atoms with van der Waals surface area (Å²) >= 11 is 0. The van der Waals surface area contributed by atoms with E-state index in [0.29, 0.717) is 35.9 Å². The Labute approximate surface area is 167 Å². The highest BCUT2D eigenvalue weighted by molar-refractivity contribution is 6.05. The van der Waals surface area contributed by atoms with Crippen LogP contribution in [0.15, 0.2) is 36.8 Å². The van der Waals surface area contributed by atoms with Crippen molar-refractivity contribution in [2.24, 2.45) is 7.05 Å². The predicted molar refractivity (Wildman–Crippen MR) is 108 cm³/mol. The van der Waals surface area contributed by atoms with Gasteiger partial charge in [-0.2, -0.15) is 10.2 Å². The van der Waals surface area contributed by atoms with E-state index in [-0.39, 0.29) is 0 Å². The third-order valence-corrected chi connectivity index (χ3v) is 4.61. The summed E-state index contributed by atoms with van der Waals surface area (Å²) in [5, 5.41) is 15.4. The van der Waals surface area contributed by atoms with Gasteiger partial charge in [-0.1, -0.05) is 18.2 Å².